The maximum atomic E-state index is 12.0. The molecule has 0 aliphatic carbocycles. The third-order valence-electron chi connectivity index (χ3n) is 2.65. The van der Waals surface area contributed by atoms with E-state index >= 15 is 0 Å². The molecule has 0 aromatic heterocycles. The normalized spacial score (nSPS) is 9.50. The Balaban J connectivity index is 2.77. The van der Waals surface area contributed by atoms with Gasteiger partial charge in [-0.15, -0.1) is 0 Å². The standard InChI is InChI=1S/C15H19NO2/c1-3-16(4-2)15(18)14-10-8-13(9-11-14)7-5-6-12-17/h8-11,17H,3-4,6,12H2,1-2H3. The lowest BCUT2D eigenvalue weighted by molar-refractivity contribution is 0.0773. The molecule has 0 spiro atoms. The molecule has 0 radical (unpaired) electrons. The topological polar surface area (TPSA) is 40.5 Å². The van der Waals surface area contributed by atoms with Gasteiger partial charge in [-0.3, -0.25) is 4.79 Å². The maximum Gasteiger partial charge on any atom is 0.253 e. The van der Waals surface area contributed by atoms with E-state index in [0.29, 0.717) is 25.1 Å². The summed E-state index contributed by atoms with van der Waals surface area (Å²) in [7, 11) is 0. The van der Waals surface area contributed by atoms with Crippen molar-refractivity contribution in [2.45, 2.75) is 20.3 Å². The van der Waals surface area contributed by atoms with Crippen molar-refractivity contribution in [1.29, 1.82) is 0 Å². The molecule has 0 fully saturated rings. The zero-order valence-corrected chi connectivity index (χ0v) is 10.9. The number of hydrogen-bond donors (Lipinski definition) is 1. The molecule has 0 aliphatic rings. The summed E-state index contributed by atoms with van der Waals surface area (Å²) in [6, 6.07) is 7.26. The van der Waals surface area contributed by atoms with Crippen LogP contribution in [0.4, 0.5) is 0 Å². The second-order valence-electron chi connectivity index (χ2n) is 3.83. The van der Waals surface area contributed by atoms with Gasteiger partial charge in [0.1, 0.15) is 0 Å². The Morgan fingerprint density at radius 3 is 2.33 bits per heavy atom. The molecule has 0 bridgehead atoms. The Labute approximate surface area is 108 Å². The van der Waals surface area contributed by atoms with Crippen LogP contribution in [0.15, 0.2) is 24.3 Å². The molecule has 0 aliphatic heterocycles. The van der Waals surface area contributed by atoms with Crippen LogP contribution in [0.1, 0.15) is 36.2 Å². The van der Waals surface area contributed by atoms with Gasteiger partial charge in [0.2, 0.25) is 0 Å². The van der Waals surface area contributed by atoms with Crippen LogP contribution in [0.2, 0.25) is 0 Å². The molecule has 1 N–H and O–H groups in total. The summed E-state index contributed by atoms with van der Waals surface area (Å²) in [4.78, 5) is 13.8. The first-order valence-electron chi connectivity index (χ1n) is 6.22. The second-order valence-corrected chi connectivity index (χ2v) is 3.83. The van der Waals surface area contributed by atoms with Crippen LogP contribution in [0, 0.1) is 11.8 Å². The smallest absolute Gasteiger partial charge is 0.253 e. The van der Waals surface area contributed by atoms with E-state index in [1.807, 2.05) is 26.0 Å². The van der Waals surface area contributed by atoms with E-state index in [9.17, 15) is 4.79 Å². The highest BCUT2D eigenvalue weighted by atomic mass is 16.2. The average molecular weight is 245 g/mol. The highest BCUT2D eigenvalue weighted by Crippen LogP contribution is 2.07. The molecule has 0 atom stereocenters. The Hall–Kier alpha value is -1.79. The number of carbonyl (C=O) groups excluding carboxylic acids is 1. The summed E-state index contributed by atoms with van der Waals surface area (Å²) in [6.45, 7) is 5.44. The van der Waals surface area contributed by atoms with Crippen molar-refractivity contribution >= 4 is 5.91 Å². The number of rotatable bonds is 4. The van der Waals surface area contributed by atoms with Crippen molar-refractivity contribution < 1.29 is 9.90 Å². The summed E-state index contributed by atoms with van der Waals surface area (Å²) in [5.74, 6) is 5.83. The van der Waals surface area contributed by atoms with Crippen LogP contribution in [0.5, 0.6) is 0 Å². The van der Waals surface area contributed by atoms with Crippen molar-refractivity contribution in [3.63, 3.8) is 0 Å². The molecular weight excluding hydrogens is 226 g/mol. The molecule has 0 unspecified atom stereocenters. The lowest BCUT2D eigenvalue weighted by Crippen LogP contribution is -2.30. The fraction of sp³-hybridized carbons (Fsp3) is 0.400. The predicted octanol–water partition coefficient (Wildman–Crippen LogP) is 1.90. The van der Waals surface area contributed by atoms with Crippen molar-refractivity contribution in [3.05, 3.63) is 35.4 Å². The Morgan fingerprint density at radius 2 is 1.83 bits per heavy atom. The van der Waals surface area contributed by atoms with Crippen LogP contribution in [-0.2, 0) is 0 Å². The predicted molar refractivity (Wildman–Crippen MR) is 72.3 cm³/mol. The molecule has 0 saturated heterocycles. The lowest BCUT2D eigenvalue weighted by Gasteiger charge is -2.18. The first kappa shape index (κ1) is 14.3. The van der Waals surface area contributed by atoms with E-state index in [4.69, 9.17) is 5.11 Å². The van der Waals surface area contributed by atoms with E-state index in [-0.39, 0.29) is 12.5 Å². The van der Waals surface area contributed by atoms with Crippen LogP contribution in [0.25, 0.3) is 0 Å². The number of amides is 1. The fourth-order valence-corrected chi connectivity index (χ4v) is 1.61. The van der Waals surface area contributed by atoms with Crippen molar-refractivity contribution in [1.82, 2.24) is 4.90 Å². The molecule has 1 rings (SSSR count). The van der Waals surface area contributed by atoms with Gasteiger partial charge in [-0.1, -0.05) is 11.8 Å². The van der Waals surface area contributed by atoms with Crippen LogP contribution >= 0.6 is 0 Å². The van der Waals surface area contributed by atoms with Gasteiger partial charge in [-0.2, -0.15) is 0 Å². The minimum atomic E-state index is 0.0508. The summed E-state index contributed by atoms with van der Waals surface area (Å²) in [5.41, 5.74) is 1.55. The molecule has 1 aromatic rings. The number of hydrogen-bond acceptors (Lipinski definition) is 2. The third kappa shape index (κ3) is 3.90. The Kier molecular flexibility index (Phi) is 5.96. The number of benzene rings is 1. The minimum Gasteiger partial charge on any atom is -0.395 e. The van der Waals surface area contributed by atoms with Crippen molar-refractivity contribution in [2.75, 3.05) is 19.7 Å². The number of aliphatic hydroxyl groups excluding tert-OH is 1. The quantitative estimate of drug-likeness (QED) is 0.823. The zero-order valence-electron chi connectivity index (χ0n) is 10.9. The molecular formula is C15H19NO2. The average Bonchev–Trinajstić information content (AvgIpc) is 2.41. The highest BCUT2D eigenvalue weighted by Gasteiger charge is 2.11. The van der Waals surface area contributed by atoms with Crippen LogP contribution in [-0.4, -0.2) is 35.6 Å². The lowest BCUT2D eigenvalue weighted by atomic mass is 10.1. The Morgan fingerprint density at radius 1 is 1.22 bits per heavy atom. The Bertz CT molecular complexity index is 436. The molecule has 0 heterocycles. The first-order chi connectivity index (χ1) is 8.72. The van der Waals surface area contributed by atoms with Gasteiger partial charge >= 0.3 is 0 Å². The van der Waals surface area contributed by atoms with Gasteiger partial charge in [-0.25, -0.2) is 0 Å². The van der Waals surface area contributed by atoms with Crippen LogP contribution in [0.3, 0.4) is 0 Å². The van der Waals surface area contributed by atoms with Crippen molar-refractivity contribution in [3.8, 4) is 11.8 Å². The number of carbonyl (C=O) groups is 1. The minimum absolute atomic E-state index is 0.0508. The fourth-order valence-electron chi connectivity index (χ4n) is 1.61. The molecule has 1 amide bonds. The SMILES string of the molecule is CCN(CC)C(=O)c1ccc(C#CCCO)cc1. The molecule has 96 valence electrons. The number of aliphatic hydroxyl groups is 1. The number of nitrogens with zero attached hydrogens (tertiary/aromatic N) is 1. The molecule has 18 heavy (non-hydrogen) atoms. The van der Waals surface area contributed by atoms with E-state index in [2.05, 4.69) is 11.8 Å². The first-order valence-corrected chi connectivity index (χ1v) is 6.22. The second kappa shape index (κ2) is 7.52. The van der Waals surface area contributed by atoms with Crippen LogP contribution < -0.4 is 0 Å². The summed E-state index contributed by atoms with van der Waals surface area (Å²) < 4.78 is 0. The van der Waals surface area contributed by atoms with Crippen molar-refractivity contribution in [2.24, 2.45) is 0 Å². The van der Waals surface area contributed by atoms with E-state index in [0.717, 1.165) is 5.56 Å². The molecule has 3 nitrogen and oxygen atoms in total. The van der Waals surface area contributed by atoms with Gasteiger partial charge in [-0.05, 0) is 38.1 Å². The van der Waals surface area contributed by atoms with E-state index < -0.39 is 0 Å². The largest absolute Gasteiger partial charge is 0.395 e. The molecule has 1 aromatic carbocycles. The monoisotopic (exact) mass is 245 g/mol. The van der Waals surface area contributed by atoms with E-state index in [1.54, 1.807) is 17.0 Å². The van der Waals surface area contributed by atoms with Gasteiger partial charge in [0, 0.05) is 30.6 Å². The third-order valence-corrected chi connectivity index (χ3v) is 2.65. The van der Waals surface area contributed by atoms with Gasteiger partial charge in [0.25, 0.3) is 5.91 Å². The summed E-state index contributed by atoms with van der Waals surface area (Å²) in [5, 5.41) is 8.62. The van der Waals surface area contributed by atoms with Gasteiger partial charge < -0.3 is 10.0 Å². The van der Waals surface area contributed by atoms with Gasteiger partial charge in [0.15, 0.2) is 0 Å². The zero-order chi connectivity index (χ0) is 13.4. The molecule has 0 saturated carbocycles. The summed E-state index contributed by atoms with van der Waals surface area (Å²) in [6.07, 6.45) is 0.472. The van der Waals surface area contributed by atoms with E-state index in [1.165, 1.54) is 0 Å². The van der Waals surface area contributed by atoms with Gasteiger partial charge in [0.05, 0.1) is 6.61 Å². The summed E-state index contributed by atoms with van der Waals surface area (Å²) >= 11 is 0. The highest BCUT2D eigenvalue weighted by molar-refractivity contribution is 5.94. The maximum absolute atomic E-state index is 12.0. The molecule has 3 heteroatoms.